The smallest absolute Gasteiger partial charge is 0.0945 e. The summed E-state index contributed by atoms with van der Waals surface area (Å²) in [5.41, 5.74) is 6.59. The van der Waals surface area contributed by atoms with Crippen LogP contribution < -0.4 is 0 Å². The summed E-state index contributed by atoms with van der Waals surface area (Å²) in [7, 11) is 5.82. The fourth-order valence-corrected chi connectivity index (χ4v) is 14.7. The molecule has 1 atom stereocenters. The summed E-state index contributed by atoms with van der Waals surface area (Å²) in [5.74, 6) is 2.80. The fourth-order valence-electron chi connectivity index (χ4n) is 14.7. The highest BCUT2D eigenvalue weighted by Crippen LogP contribution is 2.38. The Labute approximate surface area is 640 Å². The van der Waals surface area contributed by atoms with Crippen LogP contribution in [0.3, 0.4) is 0 Å². The van der Waals surface area contributed by atoms with Gasteiger partial charge in [-0.25, -0.2) is 4.98 Å². The molecule has 602 valence electrons. The third kappa shape index (κ3) is 55.1. The van der Waals surface area contributed by atoms with E-state index in [-0.39, 0.29) is 7.43 Å². The maximum absolute atomic E-state index is 5.35. The van der Waals surface area contributed by atoms with Gasteiger partial charge in [-0.3, -0.25) is 0 Å². The van der Waals surface area contributed by atoms with Crippen LogP contribution in [0, 0.1) is 61.1 Å². The number of aromatic nitrogens is 2. The zero-order valence-corrected chi connectivity index (χ0v) is 73.3. The van der Waals surface area contributed by atoms with Crippen molar-refractivity contribution >= 4 is 0 Å². The molecular weight excluding hydrogens is 1250 g/mol. The number of methoxy groups -OCH3 is 2. The predicted molar refractivity (Wildman–Crippen MR) is 454 cm³/mol. The second-order valence-corrected chi connectivity index (χ2v) is 41.2. The second kappa shape index (κ2) is 51.2. The molecule has 0 spiro atoms. The van der Waals surface area contributed by atoms with Crippen molar-refractivity contribution in [1.82, 2.24) is 39.0 Å². The Morgan fingerprint density at radius 3 is 1.21 bits per heavy atom. The molecule has 6 fully saturated rings. The Morgan fingerprint density at radius 2 is 0.833 bits per heavy atom. The standard InChI is InChI=1S/C12H26N2.2C12H25NO.C12H23N.C12H25N.C11H16.C10H18N2.C10H20.CH4/c1-12(2,3)6-5-7-14-10-8-13(4)9-11-14;1-12(2,3)11-5-7-13(8-6-11)9-10-14-4;1-12(2,3)7-5-8-13-9-6-11(10-13)14-4;1-10(2)13-8-6-11(7-9-13)12(3,4)5;1-12(2,3)8-7-11-13-9-5-4-6-10-13;1-11(2,3)9-10-7-5-4-6-8-10;1-10(2,3)5-4-7-12-8-6-11-9-12;1-10(2,3)9-7-5-4-6-8-9;/h5-11H2,1-4H3;2*11H,5-10H2,1-4H3;11H,1,6-9H2,2-5H3;4-11H2,1-3H3;4-8H,9H2,1-3H3;6,8-9H,4-5,7H2,1-3H3;9H,4-8H2,1-3H3;1H4. The average Bonchev–Trinajstić information content (AvgIpc) is 1.11. The number of allylic oxidation sites excluding steroid dienone is 1. The van der Waals surface area contributed by atoms with Crippen molar-refractivity contribution in [2.75, 3.05) is 133 Å². The Bertz CT molecular complexity index is 2220. The van der Waals surface area contributed by atoms with Crippen molar-refractivity contribution in [3.8, 4) is 0 Å². The number of likely N-dealkylation sites (N-methyl/N-ethyl adjacent to an activating group) is 1. The monoisotopic (exact) mass is 1430 g/mol. The summed E-state index contributed by atoms with van der Waals surface area (Å²) in [4.78, 5) is 19.1. The Balaban J connectivity index is 0.00000114. The Kier molecular flexibility index (Phi) is 50.0. The maximum atomic E-state index is 5.35. The number of piperazine rings is 1. The van der Waals surface area contributed by atoms with Gasteiger partial charge in [-0.2, -0.15) is 0 Å². The van der Waals surface area contributed by atoms with Gasteiger partial charge >= 0.3 is 0 Å². The lowest BCUT2D eigenvalue weighted by Gasteiger charge is -2.39. The van der Waals surface area contributed by atoms with Gasteiger partial charge in [0.25, 0.3) is 0 Å². The SMILES string of the molecule is C.C=C(C)N1CCC(C(C)(C)C)CC1.CC(C)(C)C1CCCCC1.CC(C)(C)CCCN1CCCCC1.CC(C)(C)CCCn1ccnc1.CC(C)(C)Cc1ccccc1.CN1CCN(CCCC(C)(C)C)CC1.COC1CCN(CCCC(C)(C)C)C1.COCCN1CCC(C(C)(C)C)CC1. The average molecular weight is 1430 g/mol. The van der Waals surface area contributed by atoms with Crippen LogP contribution in [0.2, 0.25) is 0 Å². The first-order valence-electron chi connectivity index (χ1n) is 41.8. The highest BCUT2D eigenvalue weighted by molar-refractivity contribution is 5.15. The zero-order chi connectivity index (χ0) is 76.6. The molecule has 0 radical (unpaired) electrons. The molecule has 10 heteroatoms. The second-order valence-electron chi connectivity index (χ2n) is 41.2. The number of nitrogens with zero attached hydrogens (tertiary/aromatic N) is 8. The van der Waals surface area contributed by atoms with Gasteiger partial charge in [-0.05, 0) is 242 Å². The molecule has 8 rings (SSSR count). The molecule has 1 aliphatic carbocycles. The van der Waals surface area contributed by atoms with Gasteiger partial charge in [0.15, 0.2) is 0 Å². The van der Waals surface area contributed by atoms with Crippen molar-refractivity contribution in [2.45, 2.75) is 334 Å². The summed E-state index contributed by atoms with van der Waals surface area (Å²) in [5, 5.41) is 0. The van der Waals surface area contributed by atoms with Gasteiger partial charge in [0.1, 0.15) is 0 Å². The van der Waals surface area contributed by atoms with Gasteiger partial charge in [0.2, 0.25) is 0 Å². The fraction of sp³-hybridized carbons (Fsp3) is 0.880. The number of aryl methyl sites for hydroxylation is 1. The largest absolute Gasteiger partial charge is 0.383 e. The molecular formula is C92H182N8O2. The minimum atomic E-state index is 0. The number of hydrogen-bond donors (Lipinski definition) is 0. The molecule has 5 aliphatic heterocycles. The van der Waals surface area contributed by atoms with Crippen LogP contribution in [0.15, 0.2) is 61.3 Å². The van der Waals surface area contributed by atoms with Crippen LogP contribution in [0.1, 0.15) is 321 Å². The molecule has 0 amide bonds. The van der Waals surface area contributed by atoms with E-state index >= 15 is 0 Å². The van der Waals surface area contributed by atoms with Gasteiger partial charge in [-0.1, -0.05) is 236 Å². The van der Waals surface area contributed by atoms with Crippen molar-refractivity contribution < 1.29 is 9.47 Å². The van der Waals surface area contributed by atoms with Crippen LogP contribution >= 0.6 is 0 Å². The van der Waals surface area contributed by atoms with Crippen LogP contribution in [0.5, 0.6) is 0 Å². The number of hydrogen-bond acceptors (Lipinski definition) is 9. The number of likely N-dealkylation sites (tertiary alicyclic amines) is 4. The number of piperidine rings is 3. The highest BCUT2D eigenvalue weighted by Gasteiger charge is 2.31. The predicted octanol–water partition coefficient (Wildman–Crippen LogP) is 23.8. The molecule has 1 aromatic carbocycles. The van der Waals surface area contributed by atoms with Crippen LogP contribution in [0.25, 0.3) is 0 Å². The molecule has 1 saturated carbocycles. The van der Waals surface area contributed by atoms with E-state index in [1.165, 1.54) is 238 Å². The lowest BCUT2D eigenvalue weighted by molar-refractivity contribution is 0.0863. The first-order chi connectivity index (χ1) is 46.8. The minimum absolute atomic E-state index is 0. The molecule has 2 aromatic rings. The third-order valence-electron chi connectivity index (χ3n) is 21.8. The summed E-state index contributed by atoms with van der Waals surface area (Å²) >= 11 is 0. The third-order valence-corrected chi connectivity index (χ3v) is 21.8. The van der Waals surface area contributed by atoms with Gasteiger partial charge in [0.05, 0.1) is 19.0 Å². The number of rotatable bonds is 18. The summed E-state index contributed by atoms with van der Waals surface area (Å²) < 4.78 is 12.6. The van der Waals surface area contributed by atoms with Crippen LogP contribution in [-0.4, -0.2) is 178 Å². The van der Waals surface area contributed by atoms with E-state index in [4.69, 9.17) is 9.47 Å². The highest BCUT2D eigenvalue weighted by atomic mass is 16.5. The summed E-state index contributed by atoms with van der Waals surface area (Å²) in [6.07, 6.45) is 36.2. The van der Waals surface area contributed by atoms with Gasteiger partial charge in [0, 0.05) is 97.8 Å². The Hall–Kier alpha value is -2.31. The van der Waals surface area contributed by atoms with E-state index in [1.54, 1.807) is 7.11 Å². The van der Waals surface area contributed by atoms with Crippen molar-refractivity contribution in [2.24, 2.45) is 61.1 Å². The molecule has 102 heavy (non-hydrogen) atoms. The van der Waals surface area contributed by atoms with E-state index < -0.39 is 0 Å². The van der Waals surface area contributed by atoms with Crippen molar-refractivity contribution in [3.05, 3.63) is 66.9 Å². The first kappa shape index (κ1) is 99.7. The Morgan fingerprint density at radius 1 is 0.441 bits per heavy atom. The minimum Gasteiger partial charge on any atom is -0.383 e. The summed E-state index contributed by atoms with van der Waals surface area (Å²) in [6.45, 7) is 83.9. The van der Waals surface area contributed by atoms with E-state index in [1.807, 2.05) is 25.8 Å². The van der Waals surface area contributed by atoms with Crippen LogP contribution in [0.4, 0.5) is 0 Å². The normalized spacial score (nSPS) is 19.4. The molecule has 1 unspecified atom stereocenters. The summed E-state index contributed by atoms with van der Waals surface area (Å²) in [6, 6.07) is 10.6. The molecule has 0 bridgehead atoms. The van der Waals surface area contributed by atoms with Gasteiger partial charge in [-0.15, -0.1) is 0 Å². The number of imidazole rings is 1. The van der Waals surface area contributed by atoms with Crippen LogP contribution in [-0.2, 0) is 22.4 Å². The number of benzene rings is 1. The molecule has 1 aromatic heterocycles. The van der Waals surface area contributed by atoms with Crippen molar-refractivity contribution in [1.29, 1.82) is 0 Å². The van der Waals surface area contributed by atoms with Crippen molar-refractivity contribution in [3.63, 3.8) is 0 Å². The molecule has 10 nitrogen and oxygen atoms in total. The molecule has 6 aliphatic rings. The van der Waals surface area contributed by atoms with E-state index in [2.05, 4.69) is 256 Å². The van der Waals surface area contributed by atoms with E-state index in [9.17, 15) is 0 Å². The lowest BCUT2D eigenvalue weighted by atomic mass is 9.72. The van der Waals surface area contributed by atoms with E-state index in [0.717, 1.165) is 50.4 Å². The molecule has 0 N–H and O–H groups in total. The quantitative estimate of drug-likeness (QED) is 0.145. The molecule has 5 saturated heterocycles. The zero-order valence-electron chi connectivity index (χ0n) is 73.3. The topological polar surface area (TPSA) is 55.7 Å². The maximum Gasteiger partial charge on any atom is 0.0945 e. The lowest BCUT2D eigenvalue weighted by Crippen LogP contribution is -2.44. The van der Waals surface area contributed by atoms with Gasteiger partial charge < -0.3 is 43.4 Å². The first-order valence-corrected chi connectivity index (χ1v) is 41.8. The molecule has 6 heterocycles. The van der Waals surface area contributed by atoms with E-state index in [0.29, 0.717) is 49.4 Å². The number of ether oxygens (including phenoxy) is 2.